The van der Waals surface area contributed by atoms with Crippen molar-refractivity contribution >= 4 is 21.6 Å². The molecular weight excluding hydrogens is 290 g/mol. The van der Waals surface area contributed by atoms with Gasteiger partial charge in [0, 0.05) is 17.4 Å². The number of hydrogen-bond donors (Lipinski definition) is 2. The lowest BCUT2D eigenvalue weighted by atomic mass is 10.1. The van der Waals surface area contributed by atoms with Crippen LogP contribution in [-0.4, -0.2) is 30.8 Å². The van der Waals surface area contributed by atoms with E-state index < -0.39 is 9.84 Å². The van der Waals surface area contributed by atoms with Crippen molar-refractivity contribution in [1.82, 2.24) is 10.2 Å². The monoisotopic (exact) mass is 307 g/mol. The van der Waals surface area contributed by atoms with Gasteiger partial charge < -0.3 is 5.32 Å². The van der Waals surface area contributed by atoms with E-state index in [0.717, 1.165) is 18.2 Å². The number of amides is 1. The summed E-state index contributed by atoms with van der Waals surface area (Å²) in [7, 11) is -3.35. The first-order chi connectivity index (χ1) is 9.82. The van der Waals surface area contributed by atoms with Crippen LogP contribution in [0.1, 0.15) is 28.4 Å². The number of aromatic amines is 1. The van der Waals surface area contributed by atoms with Crippen molar-refractivity contribution in [2.75, 3.05) is 11.6 Å². The molecule has 0 saturated carbocycles. The van der Waals surface area contributed by atoms with E-state index in [0.29, 0.717) is 16.9 Å². The summed E-state index contributed by atoms with van der Waals surface area (Å²) < 4.78 is 23.2. The van der Waals surface area contributed by atoms with Crippen molar-refractivity contribution in [3.63, 3.8) is 0 Å². The lowest BCUT2D eigenvalue weighted by molar-refractivity contribution is 0.102. The summed E-state index contributed by atoms with van der Waals surface area (Å²) in [5, 5.41) is 9.33. The van der Waals surface area contributed by atoms with Crippen molar-refractivity contribution in [1.29, 1.82) is 0 Å². The van der Waals surface area contributed by atoms with Crippen molar-refractivity contribution in [2.24, 2.45) is 0 Å². The molecule has 7 heteroatoms. The number of aromatic nitrogens is 2. The van der Waals surface area contributed by atoms with Crippen LogP contribution in [0.15, 0.2) is 29.3 Å². The molecule has 1 amide bonds. The smallest absolute Gasteiger partial charge is 0.257 e. The number of aryl methyl sites for hydroxylation is 2. The number of rotatable bonds is 4. The quantitative estimate of drug-likeness (QED) is 0.903. The Morgan fingerprint density at radius 3 is 2.71 bits per heavy atom. The molecule has 21 heavy (non-hydrogen) atoms. The molecule has 1 aromatic carbocycles. The van der Waals surface area contributed by atoms with Crippen LogP contribution in [0.4, 0.5) is 5.82 Å². The van der Waals surface area contributed by atoms with Gasteiger partial charge >= 0.3 is 0 Å². The van der Waals surface area contributed by atoms with Gasteiger partial charge in [0.25, 0.3) is 5.91 Å². The third kappa shape index (κ3) is 3.30. The van der Waals surface area contributed by atoms with Crippen LogP contribution in [0, 0.1) is 6.92 Å². The fourth-order valence-electron chi connectivity index (χ4n) is 1.94. The Bertz CT molecular complexity index is 779. The predicted octanol–water partition coefficient (Wildman–Crippen LogP) is 1.94. The van der Waals surface area contributed by atoms with E-state index in [9.17, 15) is 13.2 Å². The molecule has 0 unspecified atom stereocenters. The number of nitrogens with one attached hydrogen (secondary N) is 2. The van der Waals surface area contributed by atoms with E-state index in [1.807, 2.05) is 6.92 Å². The summed E-state index contributed by atoms with van der Waals surface area (Å²) >= 11 is 0. The van der Waals surface area contributed by atoms with E-state index in [1.54, 1.807) is 19.2 Å². The average molecular weight is 307 g/mol. The summed E-state index contributed by atoms with van der Waals surface area (Å²) in [5.41, 5.74) is 1.92. The molecule has 1 aromatic heterocycles. The SMILES string of the molecule is CCc1cn[nH]c1NC(=O)c1cc(S(C)(=O)=O)ccc1C. The molecular formula is C14H17N3O3S. The molecule has 112 valence electrons. The van der Waals surface area contributed by atoms with Gasteiger partial charge in [-0.15, -0.1) is 0 Å². The molecule has 0 fully saturated rings. The first-order valence-electron chi connectivity index (χ1n) is 6.47. The van der Waals surface area contributed by atoms with Crippen LogP contribution in [0.25, 0.3) is 0 Å². The van der Waals surface area contributed by atoms with E-state index in [-0.39, 0.29) is 10.8 Å². The summed E-state index contributed by atoms with van der Waals surface area (Å²) in [6, 6.07) is 4.51. The minimum atomic E-state index is -3.35. The number of hydrogen-bond acceptors (Lipinski definition) is 4. The predicted molar refractivity (Wildman–Crippen MR) is 80.2 cm³/mol. The molecule has 2 N–H and O–H groups in total. The molecule has 1 heterocycles. The zero-order valence-electron chi connectivity index (χ0n) is 12.1. The molecule has 0 aliphatic rings. The summed E-state index contributed by atoms with van der Waals surface area (Å²) in [6.45, 7) is 3.71. The van der Waals surface area contributed by atoms with Crippen LogP contribution in [-0.2, 0) is 16.3 Å². The standard InChI is InChI=1S/C14H17N3O3S/c1-4-10-8-15-17-13(10)16-14(18)12-7-11(21(3,19)20)6-5-9(12)2/h5-8H,4H2,1-3H3,(H2,15,16,17,18). The Kier molecular flexibility index (Phi) is 4.13. The van der Waals surface area contributed by atoms with Crippen molar-refractivity contribution in [2.45, 2.75) is 25.2 Å². The number of nitrogens with zero attached hydrogens (tertiary/aromatic N) is 1. The van der Waals surface area contributed by atoms with Gasteiger partial charge in [0.1, 0.15) is 5.82 Å². The second kappa shape index (κ2) is 5.69. The minimum Gasteiger partial charge on any atom is -0.307 e. The Morgan fingerprint density at radius 2 is 2.10 bits per heavy atom. The number of carbonyl (C=O) groups is 1. The second-order valence-corrected chi connectivity index (χ2v) is 6.84. The van der Waals surface area contributed by atoms with Crippen LogP contribution in [0.2, 0.25) is 0 Å². The highest BCUT2D eigenvalue weighted by Gasteiger charge is 2.16. The Morgan fingerprint density at radius 1 is 1.38 bits per heavy atom. The highest BCUT2D eigenvalue weighted by molar-refractivity contribution is 7.90. The third-order valence-corrected chi connectivity index (χ3v) is 4.33. The zero-order valence-corrected chi connectivity index (χ0v) is 12.9. The van der Waals surface area contributed by atoms with Gasteiger partial charge in [-0.2, -0.15) is 5.10 Å². The van der Waals surface area contributed by atoms with E-state index >= 15 is 0 Å². The molecule has 6 nitrogen and oxygen atoms in total. The Balaban J connectivity index is 2.35. The minimum absolute atomic E-state index is 0.124. The number of anilines is 1. The third-order valence-electron chi connectivity index (χ3n) is 3.22. The van der Waals surface area contributed by atoms with Gasteiger partial charge in [0.2, 0.25) is 0 Å². The van der Waals surface area contributed by atoms with Crippen molar-refractivity contribution in [3.05, 3.63) is 41.1 Å². The van der Waals surface area contributed by atoms with Gasteiger partial charge in [0.05, 0.1) is 11.1 Å². The lowest BCUT2D eigenvalue weighted by Crippen LogP contribution is -2.15. The van der Waals surface area contributed by atoms with Crippen LogP contribution < -0.4 is 5.32 Å². The molecule has 0 aliphatic carbocycles. The lowest BCUT2D eigenvalue weighted by Gasteiger charge is -2.09. The van der Waals surface area contributed by atoms with Crippen LogP contribution in [0.3, 0.4) is 0 Å². The molecule has 0 aliphatic heterocycles. The zero-order chi connectivity index (χ0) is 15.6. The fourth-order valence-corrected chi connectivity index (χ4v) is 2.59. The molecule has 0 atom stereocenters. The van der Waals surface area contributed by atoms with Crippen LogP contribution >= 0.6 is 0 Å². The normalized spacial score (nSPS) is 11.4. The van der Waals surface area contributed by atoms with E-state index in [2.05, 4.69) is 15.5 Å². The van der Waals surface area contributed by atoms with Crippen molar-refractivity contribution in [3.8, 4) is 0 Å². The summed E-state index contributed by atoms with van der Waals surface area (Å²) in [6.07, 6.45) is 3.49. The summed E-state index contributed by atoms with van der Waals surface area (Å²) in [4.78, 5) is 12.5. The number of sulfone groups is 1. The molecule has 2 rings (SSSR count). The maximum Gasteiger partial charge on any atom is 0.257 e. The largest absolute Gasteiger partial charge is 0.307 e. The maximum atomic E-state index is 12.3. The van der Waals surface area contributed by atoms with Gasteiger partial charge in [-0.1, -0.05) is 13.0 Å². The van der Waals surface area contributed by atoms with E-state index in [1.165, 1.54) is 12.1 Å². The molecule has 0 bridgehead atoms. The van der Waals surface area contributed by atoms with Gasteiger partial charge in [-0.25, -0.2) is 8.42 Å². The number of benzene rings is 1. The number of H-pyrrole nitrogens is 1. The second-order valence-electron chi connectivity index (χ2n) is 4.83. The maximum absolute atomic E-state index is 12.3. The first kappa shape index (κ1) is 15.2. The first-order valence-corrected chi connectivity index (χ1v) is 8.36. The Hall–Kier alpha value is -2.15. The number of carbonyl (C=O) groups excluding carboxylic acids is 1. The fraction of sp³-hybridized carbons (Fsp3) is 0.286. The molecule has 2 aromatic rings. The average Bonchev–Trinajstić information content (AvgIpc) is 2.84. The molecule has 0 saturated heterocycles. The highest BCUT2D eigenvalue weighted by atomic mass is 32.2. The summed E-state index contributed by atoms with van der Waals surface area (Å²) in [5.74, 6) is 0.170. The van der Waals surface area contributed by atoms with Gasteiger partial charge in [-0.05, 0) is 31.0 Å². The topological polar surface area (TPSA) is 91.9 Å². The van der Waals surface area contributed by atoms with Gasteiger partial charge in [-0.3, -0.25) is 9.89 Å². The van der Waals surface area contributed by atoms with Crippen molar-refractivity contribution < 1.29 is 13.2 Å². The van der Waals surface area contributed by atoms with Gasteiger partial charge in [0.15, 0.2) is 9.84 Å². The van der Waals surface area contributed by atoms with Crippen LogP contribution in [0.5, 0.6) is 0 Å². The Labute approximate surface area is 123 Å². The molecule has 0 radical (unpaired) electrons. The molecule has 0 spiro atoms. The van der Waals surface area contributed by atoms with E-state index in [4.69, 9.17) is 0 Å². The highest BCUT2D eigenvalue weighted by Crippen LogP contribution is 2.18.